The van der Waals surface area contributed by atoms with Crippen LogP contribution in [0.4, 0.5) is 4.79 Å². The van der Waals surface area contributed by atoms with Gasteiger partial charge in [0.2, 0.25) is 0 Å². The smallest absolute Gasteiger partial charge is 0.320 e. The Morgan fingerprint density at radius 3 is 2.36 bits per heavy atom. The molecule has 3 N–H and O–H groups in total. The topological polar surface area (TPSA) is 104 Å². The summed E-state index contributed by atoms with van der Waals surface area (Å²) in [5, 5.41) is 5.38. The number of hydrogen-bond acceptors (Lipinski definition) is 4. The zero-order chi connectivity index (χ0) is 17.6. The number of amides is 3. The third kappa shape index (κ3) is 2.37. The number of benzene rings is 2. The molecule has 1 saturated heterocycles. The molecular formula is C18H14N4O3. The normalized spacial score (nSPS) is 19.7. The summed E-state index contributed by atoms with van der Waals surface area (Å²) in [6, 6.07) is 13.6. The van der Waals surface area contributed by atoms with Gasteiger partial charge < -0.3 is 10.3 Å². The van der Waals surface area contributed by atoms with Gasteiger partial charge in [0.05, 0.1) is 10.9 Å². The molecule has 25 heavy (non-hydrogen) atoms. The van der Waals surface area contributed by atoms with Crippen molar-refractivity contribution < 1.29 is 9.59 Å². The molecule has 0 spiro atoms. The minimum absolute atomic E-state index is 0.209. The number of aromatic amines is 1. The zero-order valence-electron chi connectivity index (χ0n) is 13.3. The van der Waals surface area contributed by atoms with E-state index in [0.717, 1.165) is 0 Å². The van der Waals surface area contributed by atoms with Crippen LogP contribution in [0.2, 0.25) is 0 Å². The Labute approximate surface area is 142 Å². The Morgan fingerprint density at radius 1 is 0.960 bits per heavy atom. The summed E-state index contributed by atoms with van der Waals surface area (Å²) in [5.74, 6) is 0.0443. The van der Waals surface area contributed by atoms with Gasteiger partial charge in [0.25, 0.3) is 11.5 Å². The number of para-hydroxylation sites is 1. The molecule has 0 radical (unpaired) electrons. The Bertz CT molecular complexity index is 1070. The van der Waals surface area contributed by atoms with Crippen molar-refractivity contribution in [2.75, 3.05) is 0 Å². The van der Waals surface area contributed by atoms with Gasteiger partial charge in [0.15, 0.2) is 0 Å². The number of hydrogen-bond donors (Lipinski definition) is 3. The third-order valence-electron chi connectivity index (χ3n) is 4.39. The molecule has 0 unspecified atom stereocenters. The van der Waals surface area contributed by atoms with Crippen LogP contribution in [-0.2, 0) is 10.3 Å². The van der Waals surface area contributed by atoms with E-state index >= 15 is 0 Å². The van der Waals surface area contributed by atoms with Crippen molar-refractivity contribution in [1.29, 1.82) is 0 Å². The summed E-state index contributed by atoms with van der Waals surface area (Å²) >= 11 is 0. The number of carbonyl (C=O) groups excluding carboxylic acids is 2. The number of rotatable bonds is 2. The molecule has 7 heteroatoms. The SMILES string of the molecule is C[C@]1(c2ccc(-c3nc4ccccc4c(=O)[nH]3)cc2)NC(=O)NC1=O. The number of fused-ring (bicyclic) bond motifs is 1. The largest absolute Gasteiger partial charge is 0.322 e. The van der Waals surface area contributed by atoms with Crippen LogP contribution >= 0.6 is 0 Å². The first-order valence-electron chi connectivity index (χ1n) is 7.71. The molecule has 2 aromatic carbocycles. The van der Waals surface area contributed by atoms with Crippen molar-refractivity contribution in [3.05, 3.63) is 64.4 Å². The van der Waals surface area contributed by atoms with Crippen LogP contribution in [-0.4, -0.2) is 21.9 Å². The fourth-order valence-electron chi connectivity index (χ4n) is 2.93. The Hall–Kier alpha value is -3.48. The van der Waals surface area contributed by atoms with Crippen LogP contribution in [0.1, 0.15) is 12.5 Å². The average Bonchev–Trinajstić information content (AvgIpc) is 2.88. The van der Waals surface area contributed by atoms with Crippen LogP contribution < -0.4 is 16.2 Å². The quantitative estimate of drug-likeness (QED) is 0.620. The Kier molecular flexibility index (Phi) is 3.18. The average molecular weight is 334 g/mol. The highest BCUT2D eigenvalue weighted by Crippen LogP contribution is 2.26. The van der Waals surface area contributed by atoms with Crippen LogP contribution in [0.5, 0.6) is 0 Å². The van der Waals surface area contributed by atoms with E-state index in [0.29, 0.717) is 27.9 Å². The van der Waals surface area contributed by atoms with Gasteiger partial charge >= 0.3 is 6.03 Å². The minimum atomic E-state index is -1.11. The Morgan fingerprint density at radius 2 is 1.68 bits per heavy atom. The lowest BCUT2D eigenvalue weighted by Crippen LogP contribution is -2.40. The highest BCUT2D eigenvalue weighted by molar-refractivity contribution is 6.07. The van der Waals surface area contributed by atoms with Crippen LogP contribution in [0, 0.1) is 0 Å². The van der Waals surface area contributed by atoms with E-state index in [1.165, 1.54) is 0 Å². The molecule has 1 fully saturated rings. The fraction of sp³-hybridized carbons (Fsp3) is 0.111. The Balaban J connectivity index is 1.75. The lowest BCUT2D eigenvalue weighted by atomic mass is 9.91. The monoisotopic (exact) mass is 334 g/mol. The maximum absolute atomic E-state index is 12.2. The van der Waals surface area contributed by atoms with Gasteiger partial charge in [-0.3, -0.25) is 14.9 Å². The number of urea groups is 1. The van der Waals surface area contributed by atoms with Gasteiger partial charge in [0, 0.05) is 5.56 Å². The number of imide groups is 1. The maximum Gasteiger partial charge on any atom is 0.322 e. The summed E-state index contributed by atoms with van der Waals surface area (Å²) in [6.45, 7) is 1.64. The standard InChI is InChI=1S/C18H14N4O3/c1-18(16(24)21-17(25)22-18)11-8-6-10(7-9-11)14-19-13-5-3-2-4-12(13)15(23)20-14/h2-9H,1H3,(H,19,20,23)(H2,21,22,24,25)/t18-/m1/s1. The first kappa shape index (κ1) is 15.1. The molecule has 1 aliphatic heterocycles. The van der Waals surface area contributed by atoms with Gasteiger partial charge in [-0.1, -0.05) is 36.4 Å². The molecule has 4 rings (SSSR count). The highest BCUT2D eigenvalue weighted by Gasteiger charge is 2.43. The summed E-state index contributed by atoms with van der Waals surface area (Å²) in [6.07, 6.45) is 0. The van der Waals surface area contributed by atoms with E-state index in [4.69, 9.17) is 0 Å². The van der Waals surface area contributed by atoms with E-state index in [9.17, 15) is 14.4 Å². The second kappa shape index (κ2) is 5.27. The maximum atomic E-state index is 12.2. The van der Waals surface area contributed by atoms with Gasteiger partial charge in [-0.2, -0.15) is 0 Å². The van der Waals surface area contributed by atoms with Crippen LogP contribution in [0.15, 0.2) is 53.3 Å². The fourth-order valence-corrected chi connectivity index (χ4v) is 2.93. The molecule has 3 aromatic rings. The van der Waals surface area contributed by atoms with E-state index < -0.39 is 17.5 Å². The highest BCUT2D eigenvalue weighted by atomic mass is 16.2. The molecule has 124 valence electrons. The molecule has 2 heterocycles. The summed E-state index contributed by atoms with van der Waals surface area (Å²) < 4.78 is 0. The number of nitrogens with zero attached hydrogens (tertiary/aromatic N) is 1. The van der Waals surface area contributed by atoms with E-state index in [2.05, 4.69) is 20.6 Å². The molecule has 1 aromatic heterocycles. The van der Waals surface area contributed by atoms with Crippen molar-refractivity contribution >= 4 is 22.8 Å². The predicted octanol–water partition coefficient (Wildman–Crippen LogP) is 1.64. The molecular weight excluding hydrogens is 320 g/mol. The first-order chi connectivity index (χ1) is 12.0. The number of H-pyrrole nitrogens is 1. The molecule has 3 amide bonds. The lowest BCUT2D eigenvalue weighted by molar-refractivity contribution is -0.123. The van der Waals surface area contributed by atoms with Crippen molar-refractivity contribution in [3.8, 4) is 11.4 Å². The summed E-state index contributed by atoms with van der Waals surface area (Å²) in [7, 11) is 0. The van der Waals surface area contributed by atoms with Crippen molar-refractivity contribution in [2.24, 2.45) is 0 Å². The van der Waals surface area contributed by atoms with Gasteiger partial charge in [-0.25, -0.2) is 9.78 Å². The number of nitrogens with one attached hydrogen (secondary N) is 3. The minimum Gasteiger partial charge on any atom is -0.320 e. The third-order valence-corrected chi connectivity index (χ3v) is 4.39. The number of carbonyl (C=O) groups is 2. The van der Waals surface area contributed by atoms with Gasteiger partial charge in [-0.05, 0) is 24.6 Å². The zero-order valence-corrected chi connectivity index (χ0v) is 13.3. The van der Waals surface area contributed by atoms with Crippen LogP contribution in [0.3, 0.4) is 0 Å². The molecule has 0 aliphatic carbocycles. The summed E-state index contributed by atoms with van der Waals surface area (Å²) in [5.41, 5.74) is 0.640. The molecule has 1 atom stereocenters. The van der Waals surface area contributed by atoms with Crippen molar-refractivity contribution in [1.82, 2.24) is 20.6 Å². The molecule has 1 aliphatic rings. The lowest BCUT2D eigenvalue weighted by Gasteiger charge is -2.21. The summed E-state index contributed by atoms with van der Waals surface area (Å²) in [4.78, 5) is 42.8. The van der Waals surface area contributed by atoms with Crippen molar-refractivity contribution in [3.63, 3.8) is 0 Å². The molecule has 0 saturated carbocycles. The second-order valence-electron chi connectivity index (χ2n) is 6.04. The second-order valence-corrected chi connectivity index (χ2v) is 6.04. The number of aromatic nitrogens is 2. The first-order valence-corrected chi connectivity index (χ1v) is 7.71. The van der Waals surface area contributed by atoms with E-state index in [1.54, 1.807) is 49.4 Å². The van der Waals surface area contributed by atoms with E-state index in [-0.39, 0.29) is 5.56 Å². The van der Waals surface area contributed by atoms with Crippen LogP contribution in [0.25, 0.3) is 22.3 Å². The van der Waals surface area contributed by atoms with Crippen molar-refractivity contribution in [2.45, 2.75) is 12.5 Å². The van der Waals surface area contributed by atoms with Gasteiger partial charge in [0.1, 0.15) is 11.4 Å². The van der Waals surface area contributed by atoms with Gasteiger partial charge in [-0.15, -0.1) is 0 Å². The van der Waals surface area contributed by atoms with E-state index in [1.807, 2.05) is 6.07 Å². The molecule has 7 nitrogen and oxygen atoms in total. The molecule has 0 bridgehead atoms. The predicted molar refractivity (Wildman–Crippen MR) is 91.8 cm³/mol.